The Balaban J connectivity index is 1.74. The molecule has 1 aromatic carbocycles. The van der Waals surface area contributed by atoms with E-state index < -0.39 is 0 Å². The van der Waals surface area contributed by atoms with Crippen LogP contribution < -0.4 is 0 Å². The van der Waals surface area contributed by atoms with Crippen molar-refractivity contribution in [1.29, 1.82) is 0 Å². The zero-order valence-corrected chi connectivity index (χ0v) is 12.7. The molecule has 0 amide bonds. The van der Waals surface area contributed by atoms with E-state index >= 15 is 0 Å². The maximum Gasteiger partial charge on any atom is 0.223 e. The predicted molar refractivity (Wildman–Crippen MR) is 78.8 cm³/mol. The van der Waals surface area contributed by atoms with Crippen molar-refractivity contribution in [2.24, 2.45) is 0 Å². The fraction of sp³-hybridized carbons (Fsp3) is 0.500. The van der Waals surface area contributed by atoms with Gasteiger partial charge >= 0.3 is 0 Å². The lowest BCUT2D eigenvalue weighted by Crippen LogP contribution is -2.44. The second kappa shape index (κ2) is 5.95. The highest BCUT2D eigenvalue weighted by Gasteiger charge is 2.28. The van der Waals surface area contributed by atoms with Crippen LogP contribution in [0.1, 0.15) is 35.9 Å². The Bertz CT molecular complexity index is 611. The number of benzene rings is 1. The van der Waals surface area contributed by atoms with Crippen molar-refractivity contribution in [2.45, 2.75) is 39.5 Å². The Morgan fingerprint density at radius 1 is 1.29 bits per heavy atom. The number of nitrogens with zero attached hydrogens (tertiary/aromatic N) is 3. The van der Waals surface area contributed by atoms with Gasteiger partial charge in [0.1, 0.15) is 0 Å². The molecule has 2 atom stereocenters. The third kappa shape index (κ3) is 3.14. The molecular weight excluding hydrogens is 266 g/mol. The summed E-state index contributed by atoms with van der Waals surface area (Å²) in [5, 5.41) is 3.99. The topological polar surface area (TPSA) is 51.4 Å². The molecule has 0 saturated carbocycles. The van der Waals surface area contributed by atoms with Gasteiger partial charge < -0.3 is 9.26 Å². The van der Waals surface area contributed by atoms with Crippen LogP contribution in [0.4, 0.5) is 0 Å². The van der Waals surface area contributed by atoms with E-state index in [9.17, 15) is 0 Å². The van der Waals surface area contributed by atoms with E-state index in [0.29, 0.717) is 18.5 Å². The van der Waals surface area contributed by atoms with Gasteiger partial charge in [0.25, 0.3) is 0 Å². The third-order valence-electron chi connectivity index (χ3n) is 4.01. The standard InChI is InChI=1S/C16H21N3O2/c1-11-6-4-5-7-14(11)15-8-19(12(2)10-20-15)9-16-17-13(3)21-18-16/h4-7,12,15H,8-10H2,1-3H3/t12-,15-/m1/s1. The second-order valence-corrected chi connectivity index (χ2v) is 5.69. The Kier molecular flexibility index (Phi) is 4.03. The largest absolute Gasteiger partial charge is 0.371 e. The molecule has 3 rings (SSSR count). The van der Waals surface area contributed by atoms with Crippen LogP contribution in [-0.2, 0) is 11.3 Å². The van der Waals surface area contributed by atoms with Crippen LogP contribution in [0, 0.1) is 13.8 Å². The number of aryl methyl sites for hydroxylation is 2. The summed E-state index contributed by atoms with van der Waals surface area (Å²) in [4.78, 5) is 6.65. The summed E-state index contributed by atoms with van der Waals surface area (Å²) in [7, 11) is 0. The molecule has 5 nitrogen and oxygen atoms in total. The summed E-state index contributed by atoms with van der Waals surface area (Å²) in [6.07, 6.45) is 0.107. The molecular formula is C16H21N3O2. The van der Waals surface area contributed by atoms with Gasteiger partial charge in [-0.2, -0.15) is 4.98 Å². The number of ether oxygens (including phenoxy) is 1. The molecule has 21 heavy (non-hydrogen) atoms. The van der Waals surface area contributed by atoms with E-state index in [0.717, 1.165) is 19.0 Å². The minimum absolute atomic E-state index is 0.107. The number of hydrogen-bond acceptors (Lipinski definition) is 5. The Labute approximate surface area is 124 Å². The number of aromatic nitrogens is 2. The molecule has 0 unspecified atom stereocenters. The van der Waals surface area contributed by atoms with Crippen LogP contribution in [0.3, 0.4) is 0 Å². The highest BCUT2D eigenvalue weighted by atomic mass is 16.5. The van der Waals surface area contributed by atoms with Gasteiger partial charge in [0.2, 0.25) is 5.89 Å². The highest BCUT2D eigenvalue weighted by Crippen LogP contribution is 2.27. The first-order valence-corrected chi connectivity index (χ1v) is 7.34. The van der Waals surface area contributed by atoms with Gasteiger partial charge in [-0.1, -0.05) is 29.4 Å². The molecule has 1 saturated heterocycles. The molecule has 1 fully saturated rings. The first-order valence-electron chi connectivity index (χ1n) is 7.34. The molecule has 1 aromatic heterocycles. The van der Waals surface area contributed by atoms with E-state index in [4.69, 9.17) is 9.26 Å². The maximum atomic E-state index is 6.02. The lowest BCUT2D eigenvalue weighted by molar-refractivity contribution is -0.0644. The molecule has 1 aliphatic heterocycles. The SMILES string of the molecule is Cc1nc(CN2C[C@H](c3ccccc3C)OC[C@H]2C)no1. The maximum absolute atomic E-state index is 6.02. The quantitative estimate of drug-likeness (QED) is 0.868. The fourth-order valence-corrected chi connectivity index (χ4v) is 2.75. The van der Waals surface area contributed by atoms with Crippen LogP contribution in [0.25, 0.3) is 0 Å². The van der Waals surface area contributed by atoms with Crippen molar-refractivity contribution in [2.75, 3.05) is 13.2 Å². The van der Waals surface area contributed by atoms with Crippen LogP contribution in [0.5, 0.6) is 0 Å². The van der Waals surface area contributed by atoms with Gasteiger partial charge in [-0.05, 0) is 25.0 Å². The van der Waals surface area contributed by atoms with Crippen molar-refractivity contribution in [3.8, 4) is 0 Å². The summed E-state index contributed by atoms with van der Waals surface area (Å²) < 4.78 is 11.1. The third-order valence-corrected chi connectivity index (χ3v) is 4.01. The van der Waals surface area contributed by atoms with Gasteiger partial charge in [0, 0.05) is 19.5 Å². The van der Waals surface area contributed by atoms with Crippen LogP contribution >= 0.6 is 0 Å². The Morgan fingerprint density at radius 2 is 2.10 bits per heavy atom. The summed E-state index contributed by atoms with van der Waals surface area (Å²) >= 11 is 0. The zero-order valence-electron chi connectivity index (χ0n) is 12.7. The molecule has 0 radical (unpaired) electrons. The van der Waals surface area contributed by atoms with E-state index in [1.807, 2.05) is 6.92 Å². The predicted octanol–water partition coefficient (Wildman–Crippen LogP) is 2.65. The fourth-order valence-electron chi connectivity index (χ4n) is 2.75. The molecule has 5 heteroatoms. The first-order chi connectivity index (χ1) is 10.1. The average molecular weight is 287 g/mol. The van der Waals surface area contributed by atoms with Crippen molar-refractivity contribution in [1.82, 2.24) is 15.0 Å². The molecule has 0 spiro atoms. The van der Waals surface area contributed by atoms with Crippen molar-refractivity contribution >= 4 is 0 Å². The second-order valence-electron chi connectivity index (χ2n) is 5.69. The lowest BCUT2D eigenvalue weighted by atomic mass is 10.0. The van der Waals surface area contributed by atoms with Crippen molar-refractivity contribution in [3.63, 3.8) is 0 Å². The summed E-state index contributed by atoms with van der Waals surface area (Å²) in [5.41, 5.74) is 2.53. The number of morpholine rings is 1. The number of rotatable bonds is 3. The van der Waals surface area contributed by atoms with Crippen LogP contribution in [0.2, 0.25) is 0 Å². The van der Waals surface area contributed by atoms with Gasteiger partial charge in [0.15, 0.2) is 5.82 Å². The molecule has 0 bridgehead atoms. The van der Waals surface area contributed by atoms with Gasteiger partial charge in [-0.15, -0.1) is 0 Å². The van der Waals surface area contributed by atoms with E-state index in [-0.39, 0.29) is 6.10 Å². The molecule has 1 aliphatic rings. The monoisotopic (exact) mass is 287 g/mol. The minimum atomic E-state index is 0.107. The Morgan fingerprint density at radius 3 is 2.81 bits per heavy atom. The average Bonchev–Trinajstić information content (AvgIpc) is 2.87. The summed E-state index contributed by atoms with van der Waals surface area (Å²) in [6.45, 7) is 8.37. The molecule has 2 aromatic rings. The van der Waals surface area contributed by atoms with Crippen molar-refractivity contribution < 1.29 is 9.26 Å². The van der Waals surface area contributed by atoms with Crippen LogP contribution in [0.15, 0.2) is 28.8 Å². The first kappa shape index (κ1) is 14.2. The molecule has 2 heterocycles. The summed E-state index contributed by atoms with van der Waals surface area (Å²) in [5.74, 6) is 1.35. The highest BCUT2D eigenvalue weighted by molar-refractivity contribution is 5.28. The number of hydrogen-bond donors (Lipinski definition) is 0. The molecule has 0 aliphatic carbocycles. The van der Waals surface area contributed by atoms with Gasteiger partial charge in [0.05, 0.1) is 19.3 Å². The molecule has 112 valence electrons. The Hall–Kier alpha value is -1.72. The van der Waals surface area contributed by atoms with Gasteiger partial charge in [-0.3, -0.25) is 4.90 Å². The van der Waals surface area contributed by atoms with Crippen LogP contribution in [-0.4, -0.2) is 34.2 Å². The minimum Gasteiger partial charge on any atom is -0.371 e. The van der Waals surface area contributed by atoms with E-state index in [1.165, 1.54) is 11.1 Å². The van der Waals surface area contributed by atoms with Gasteiger partial charge in [-0.25, -0.2) is 0 Å². The summed E-state index contributed by atoms with van der Waals surface area (Å²) in [6, 6.07) is 8.75. The lowest BCUT2D eigenvalue weighted by Gasteiger charge is -2.37. The van der Waals surface area contributed by atoms with E-state index in [2.05, 4.69) is 53.2 Å². The smallest absolute Gasteiger partial charge is 0.223 e. The molecule has 0 N–H and O–H groups in total. The van der Waals surface area contributed by atoms with E-state index in [1.54, 1.807) is 0 Å². The van der Waals surface area contributed by atoms with Crippen molar-refractivity contribution in [3.05, 3.63) is 47.1 Å². The zero-order chi connectivity index (χ0) is 14.8. The normalized spacial score (nSPS) is 23.4.